The highest BCUT2D eigenvalue weighted by Gasteiger charge is 2.10. The average Bonchev–Trinajstić information content (AvgIpc) is 2.31. The highest BCUT2D eigenvalue weighted by molar-refractivity contribution is 9.10. The first-order chi connectivity index (χ1) is 8.52. The summed E-state index contributed by atoms with van der Waals surface area (Å²) in [6, 6.07) is 5.69. The summed E-state index contributed by atoms with van der Waals surface area (Å²) < 4.78 is 13.7. The van der Waals surface area contributed by atoms with Gasteiger partial charge in [0.2, 0.25) is 0 Å². The monoisotopic (exact) mass is 316 g/mol. The molecule has 0 saturated carbocycles. The molecule has 1 N–H and O–H groups in total. The highest BCUT2D eigenvalue weighted by atomic mass is 79.9. The Hall–Kier alpha value is -0.450. The van der Waals surface area contributed by atoms with Crippen LogP contribution in [-0.4, -0.2) is 38.1 Å². The van der Waals surface area contributed by atoms with Crippen molar-refractivity contribution < 1.29 is 4.39 Å². The minimum Gasteiger partial charge on any atom is -0.314 e. The van der Waals surface area contributed by atoms with Gasteiger partial charge in [0.25, 0.3) is 0 Å². The van der Waals surface area contributed by atoms with Gasteiger partial charge in [0, 0.05) is 6.04 Å². The molecular formula is C14H22BrFN2. The molecule has 18 heavy (non-hydrogen) atoms. The van der Waals surface area contributed by atoms with Crippen LogP contribution in [0.3, 0.4) is 0 Å². The van der Waals surface area contributed by atoms with E-state index in [1.165, 1.54) is 6.07 Å². The van der Waals surface area contributed by atoms with E-state index in [2.05, 4.69) is 47.2 Å². The third kappa shape index (κ3) is 5.46. The second kappa shape index (κ2) is 7.87. The summed E-state index contributed by atoms with van der Waals surface area (Å²) in [4.78, 5) is 2.19. The Kier molecular flexibility index (Phi) is 6.82. The molecule has 102 valence electrons. The predicted molar refractivity (Wildman–Crippen MR) is 78.4 cm³/mol. The lowest BCUT2D eigenvalue weighted by molar-refractivity contribution is 0.358. The summed E-state index contributed by atoms with van der Waals surface area (Å²) in [5.41, 5.74) is 1.16. The Morgan fingerprint density at radius 1 is 1.39 bits per heavy atom. The van der Waals surface area contributed by atoms with Crippen molar-refractivity contribution in [1.82, 2.24) is 10.2 Å². The summed E-state index contributed by atoms with van der Waals surface area (Å²) in [5, 5.41) is 3.48. The first kappa shape index (κ1) is 15.6. The molecule has 0 spiro atoms. The summed E-state index contributed by atoms with van der Waals surface area (Å²) in [6.07, 6.45) is 2.02. The van der Waals surface area contributed by atoms with Crippen molar-refractivity contribution in [3.63, 3.8) is 0 Å². The SMILES string of the molecule is CCNC(CCN(C)C)Cc1ccc(F)c(Br)c1. The molecule has 1 unspecified atom stereocenters. The lowest BCUT2D eigenvalue weighted by Crippen LogP contribution is -2.34. The molecule has 0 aliphatic carbocycles. The van der Waals surface area contributed by atoms with E-state index >= 15 is 0 Å². The van der Waals surface area contributed by atoms with E-state index in [9.17, 15) is 4.39 Å². The zero-order valence-electron chi connectivity index (χ0n) is 11.3. The van der Waals surface area contributed by atoms with Crippen molar-refractivity contribution >= 4 is 15.9 Å². The maximum absolute atomic E-state index is 13.2. The molecule has 1 aromatic rings. The molecule has 0 fully saturated rings. The molecule has 0 heterocycles. The molecule has 2 nitrogen and oxygen atoms in total. The Labute approximate surface area is 118 Å². The van der Waals surface area contributed by atoms with E-state index < -0.39 is 0 Å². The molecule has 0 bridgehead atoms. The van der Waals surface area contributed by atoms with Gasteiger partial charge in [-0.2, -0.15) is 0 Å². The van der Waals surface area contributed by atoms with Crippen LogP contribution in [-0.2, 0) is 6.42 Å². The highest BCUT2D eigenvalue weighted by Crippen LogP contribution is 2.18. The summed E-state index contributed by atoms with van der Waals surface area (Å²) in [5.74, 6) is -0.202. The molecule has 1 aromatic carbocycles. The van der Waals surface area contributed by atoms with Crippen LogP contribution in [0, 0.1) is 5.82 Å². The van der Waals surface area contributed by atoms with Gasteiger partial charge in [-0.25, -0.2) is 4.39 Å². The molecule has 0 aliphatic heterocycles. The van der Waals surface area contributed by atoms with Gasteiger partial charge in [-0.05, 0) is 73.7 Å². The average molecular weight is 317 g/mol. The maximum atomic E-state index is 13.2. The van der Waals surface area contributed by atoms with Gasteiger partial charge in [-0.15, -0.1) is 0 Å². The molecule has 0 amide bonds. The van der Waals surface area contributed by atoms with E-state index in [0.717, 1.165) is 31.5 Å². The topological polar surface area (TPSA) is 15.3 Å². The number of rotatable bonds is 7. The van der Waals surface area contributed by atoms with Crippen LogP contribution >= 0.6 is 15.9 Å². The fourth-order valence-corrected chi connectivity index (χ4v) is 2.36. The second-order valence-electron chi connectivity index (χ2n) is 4.80. The van der Waals surface area contributed by atoms with Crippen molar-refractivity contribution in [3.8, 4) is 0 Å². The Morgan fingerprint density at radius 2 is 2.11 bits per heavy atom. The van der Waals surface area contributed by atoms with Crippen LogP contribution in [0.15, 0.2) is 22.7 Å². The molecule has 0 radical (unpaired) electrons. The first-order valence-corrected chi connectivity index (χ1v) is 7.14. The Balaban J connectivity index is 2.61. The molecule has 0 aliphatic rings. The van der Waals surface area contributed by atoms with Crippen LogP contribution in [0.2, 0.25) is 0 Å². The van der Waals surface area contributed by atoms with Gasteiger partial charge < -0.3 is 10.2 Å². The summed E-state index contributed by atoms with van der Waals surface area (Å²) in [7, 11) is 4.16. The number of hydrogen-bond acceptors (Lipinski definition) is 2. The molecule has 1 rings (SSSR count). The van der Waals surface area contributed by atoms with Gasteiger partial charge >= 0.3 is 0 Å². The smallest absolute Gasteiger partial charge is 0.137 e. The minimum atomic E-state index is -0.202. The normalized spacial score (nSPS) is 13.0. The maximum Gasteiger partial charge on any atom is 0.137 e. The Morgan fingerprint density at radius 3 is 2.67 bits per heavy atom. The zero-order valence-corrected chi connectivity index (χ0v) is 12.9. The quantitative estimate of drug-likeness (QED) is 0.831. The van der Waals surface area contributed by atoms with Crippen molar-refractivity contribution in [3.05, 3.63) is 34.1 Å². The van der Waals surface area contributed by atoms with E-state index in [4.69, 9.17) is 0 Å². The molecule has 4 heteroatoms. The zero-order chi connectivity index (χ0) is 13.5. The third-order valence-corrected chi connectivity index (χ3v) is 3.49. The lowest BCUT2D eigenvalue weighted by atomic mass is 10.0. The van der Waals surface area contributed by atoms with Crippen LogP contribution in [0.1, 0.15) is 18.9 Å². The van der Waals surface area contributed by atoms with Crippen molar-refractivity contribution in [2.24, 2.45) is 0 Å². The van der Waals surface area contributed by atoms with Gasteiger partial charge in [-0.1, -0.05) is 13.0 Å². The lowest BCUT2D eigenvalue weighted by Gasteiger charge is -2.20. The fourth-order valence-electron chi connectivity index (χ4n) is 1.93. The molecular weight excluding hydrogens is 295 g/mol. The second-order valence-corrected chi connectivity index (χ2v) is 5.65. The number of nitrogens with zero attached hydrogens (tertiary/aromatic N) is 1. The van der Waals surface area contributed by atoms with Crippen molar-refractivity contribution in [1.29, 1.82) is 0 Å². The van der Waals surface area contributed by atoms with Gasteiger partial charge in [0.15, 0.2) is 0 Å². The molecule has 0 aromatic heterocycles. The van der Waals surface area contributed by atoms with Gasteiger partial charge in [-0.3, -0.25) is 0 Å². The van der Waals surface area contributed by atoms with Crippen LogP contribution in [0.4, 0.5) is 4.39 Å². The summed E-state index contributed by atoms with van der Waals surface area (Å²) in [6.45, 7) is 4.13. The van der Waals surface area contributed by atoms with Gasteiger partial charge in [0.05, 0.1) is 4.47 Å². The van der Waals surface area contributed by atoms with E-state index in [-0.39, 0.29) is 5.82 Å². The molecule has 0 saturated heterocycles. The number of nitrogens with one attached hydrogen (secondary N) is 1. The summed E-state index contributed by atoms with van der Waals surface area (Å²) >= 11 is 3.23. The van der Waals surface area contributed by atoms with Crippen LogP contribution in [0.25, 0.3) is 0 Å². The largest absolute Gasteiger partial charge is 0.314 e. The van der Waals surface area contributed by atoms with Crippen LogP contribution in [0.5, 0.6) is 0 Å². The number of likely N-dealkylation sites (N-methyl/N-ethyl adjacent to an activating group) is 1. The van der Waals surface area contributed by atoms with Crippen molar-refractivity contribution in [2.75, 3.05) is 27.2 Å². The predicted octanol–water partition coefficient (Wildman–Crippen LogP) is 3.06. The number of benzene rings is 1. The first-order valence-electron chi connectivity index (χ1n) is 6.35. The van der Waals surface area contributed by atoms with E-state index in [0.29, 0.717) is 10.5 Å². The minimum absolute atomic E-state index is 0.202. The standard InChI is InChI=1S/C14H22BrFN2/c1-4-17-12(7-8-18(2)3)9-11-5-6-14(16)13(15)10-11/h5-6,10,12,17H,4,7-9H2,1-3H3. The van der Waals surface area contributed by atoms with Crippen molar-refractivity contribution in [2.45, 2.75) is 25.8 Å². The van der Waals surface area contributed by atoms with Crippen LogP contribution < -0.4 is 5.32 Å². The van der Waals surface area contributed by atoms with E-state index in [1.54, 1.807) is 0 Å². The molecule has 1 atom stereocenters. The number of hydrogen-bond donors (Lipinski definition) is 1. The van der Waals surface area contributed by atoms with E-state index in [1.807, 2.05) is 12.1 Å². The third-order valence-electron chi connectivity index (χ3n) is 2.88. The number of halogens is 2. The van der Waals surface area contributed by atoms with Gasteiger partial charge in [0.1, 0.15) is 5.82 Å². The fraction of sp³-hybridized carbons (Fsp3) is 0.571. The Bertz CT molecular complexity index is 369.